The zero-order chi connectivity index (χ0) is 31.2. The van der Waals surface area contributed by atoms with Crippen LogP contribution >= 0.6 is 11.6 Å². The molecule has 2 aromatic rings. The molecule has 2 unspecified atom stereocenters. The Morgan fingerprint density at radius 1 is 0.951 bits per heavy atom. The van der Waals surface area contributed by atoms with Crippen molar-refractivity contribution in [2.45, 2.75) is 79.9 Å². The van der Waals surface area contributed by atoms with Gasteiger partial charge in [0, 0.05) is 32.1 Å². The highest BCUT2D eigenvalue weighted by Crippen LogP contribution is 2.18. The summed E-state index contributed by atoms with van der Waals surface area (Å²) in [5, 5.41) is 12.0. The third-order valence-electron chi connectivity index (χ3n) is 6.15. The number of halogens is 1. The predicted octanol–water partition coefficient (Wildman–Crippen LogP) is 5.20. The molecule has 2 rings (SSSR count). The van der Waals surface area contributed by atoms with E-state index in [1.165, 1.54) is 12.5 Å². The third-order valence-corrected chi connectivity index (χ3v) is 6.40. The first-order valence-electron chi connectivity index (χ1n) is 14.4. The average Bonchev–Trinajstić information content (AvgIpc) is 2.95. The SMILES string of the molecule is CCC(C)C(NC[C@@H](C)Oc1ccccc1C)C(=O)NC.CCCCNC(=O)CNC(C)=O.Cc1ccc(Cl)cc1. The minimum absolute atomic E-state index is 0.00214. The number of hydrogen-bond donors (Lipinski definition) is 4. The van der Waals surface area contributed by atoms with Gasteiger partial charge in [-0.25, -0.2) is 0 Å². The minimum Gasteiger partial charge on any atom is -0.489 e. The van der Waals surface area contributed by atoms with Gasteiger partial charge in [0.2, 0.25) is 17.7 Å². The van der Waals surface area contributed by atoms with E-state index in [1.807, 2.05) is 69.3 Å². The van der Waals surface area contributed by atoms with Crippen LogP contribution in [0, 0.1) is 19.8 Å². The van der Waals surface area contributed by atoms with E-state index in [2.05, 4.69) is 42.0 Å². The Kier molecular flexibility index (Phi) is 20.9. The number of rotatable bonds is 13. The molecule has 0 heterocycles. The topological polar surface area (TPSA) is 109 Å². The van der Waals surface area contributed by atoms with Crippen LogP contribution in [-0.2, 0) is 14.4 Å². The largest absolute Gasteiger partial charge is 0.489 e. The number of likely N-dealkylation sites (N-methyl/N-ethyl adjacent to an activating group) is 1. The van der Waals surface area contributed by atoms with Gasteiger partial charge in [-0.2, -0.15) is 0 Å². The second-order valence-electron chi connectivity index (χ2n) is 9.99. The van der Waals surface area contributed by atoms with Crippen LogP contribution < -0.4 is 26.0 Å². The Bertz CT molecular complexity index is 996. The molecule has 0 fully saturated rings. The average molecular weight is 591 g/mol. The van der Waals surface area contributed by atoms with Crippen LogP contribution in [0.1, 0.15) is 65.0 Å². The van der Waals surface area contributed by atoms with Crippen molar-refractivity contribution in [3.8, 4) is 5.75 Å². The smallest absolute Gasteiger partial charge is 0.239 e. The summed E-state index contributed by atoms with van der Waals surface area (Å²) in [7, 11) is 1.67. The lowest BCUT2D eigenvalue weighted by atomic mass is 9.98. The molecule has 41 heavy (non-hydrogen) atoms. The number of unbranched alkanes of at least 4 members (excludes halogenated alkanes) is 1. The van der Waals surface area contributed by atoms with Crippen molar-refractivity contribution in [3.63, 3.8) is 0 Å². The number of carbonyl (C=O) groups excluding carboxylic acids is 3. The fraction of sp³-hybridized carbons (Fsp3) is 0.531. The van der Waals surface area contributed by atoms with E-state index in [9.17, 15) is 14.4 Å². The van der Waals surface area contributed by atoms with Crippen molar-refractivity contribution in [3.05, 3.63) is 64.7 Å². The first kappa shape index (κ1) is 37.9. The molecule has 0 saturated heterocycles. The molecule has 3 atom stereocenters. The Hall–Kier alpha value is -3.10. The van der Waals surface area contributed by atoms with Gasteiger partial charge in [0.1, 0.15) is 11.9 Å². The molecule has 0 spiro atoms. The van der Waals surface area contributed by atoms with Crippen LogP contribution in [0.5, 0.6) is 5.75 Å². The van der Waals surface area contributed by atoms with Crippen molar-refractivity contribution in [1.82, 2.24) is 21.3 Å². The first-order chi connectivity index (χ1) is 19.4. The van der Waals surface area contributed by atoms with Crippen LogP contribution in [0.3, 0.4) is 0 Å². The van der Waals surface area contributed by atoms with Crippen LogP contribution in [0.25, 0.3) is 0 Å². The van der Waals surface area contributed by atoms with E-state index >= 15 is 0 Å². The van der Waals surface area contributed by atoms with Gasteiger partial charge in [-0.1, -0.05) is 81.1 Å². The Balaban J connectivity index is 0.000000669. The molecule has 0 radical (unpaired) electrons. The third kappa shape index (κ3) is 18.8. The van der Waals surface area contributed by atoms with E-state index in [1.54, 1.807) is 7.05 Å². The van der Waals surface area contributed by atoms with Gasteiger partial charge in [0.15, 0.2) is 0 Å². The Morgan fingerprint density at radius 2 is 1.59 bits per heavy atom. The Labute approximate surface area is 252 Å². The quantitative estimate of drug-likeness (QED) is 0.240. The number of ether oxygens (including phenoxy) is 1. The number of amides is 3. The molecule has 8 nitrogen and oxygen atoms in total. The number of carbonyl (C=O) groups is 3. The van der Waals surface area contributed by atoms with Crippen molar-refractivity contribution >= 4 is 29.3 Å². The molecule has 9 heteroatoms. The van der Waals surface area contributed by atoms with E-state index in [4.69, 9.17) is 16.3 Å². The standard InChI is InChI=1S/C17H28N2O2.C8H16N2O2.C7H7Cl/c1-6-12(2)16(17(20)18-5)19-11-14(4)21-15-10-8-7-9-13(15)3;1-3-4-5-9-8(12)6-10-7(2)11;1-6-2-4-7(8)5-3-6/h7-10,12,14,16,19H,6,11H2,1-5H3,(H,18,20);3-6H2,1-2H3,(H,9,12)(H,10,11);2-5H,1H3/t12?,14-,16?;;/m1../s1. The molecule has 230 valence electrons. The highest BCUT2D eigenvalue weighted by Gasteiger charge is 2.23. The highest BCUT2D eigenvalue weighted by molar-refractivity contribution is 6.30. The van der Waals surface area contributed by atoms with Gasteiger partial charge in [-0.05, 0) is 56.9 Å². The van der Waals surface area contributed by atoms with Crippen LogP contribution in [0.4, 0.5) is 0 Å². The first-order valence-corrected chi connectivity index (χ1v) is 14.7. The minimum atomic E-state index is -0.180. The summed E-state index contributed by atoms with van der Waals surface area (Å²) in [6, 6.07) is 15.5. The van der Waals surface area contributed by atoms with E-state index < -0.39 is 0 Å². The Morgan fingerprint density at radius 3 is 2.10 bits per heavy atom. The summed E-state index contributed by atoms with van der Waals surface area (Å²) in [4.78, 5) is 33.2. The van der Waals surface area contributed by atoms with Gasteiger partial charge < -0.3 is 26.0 Å². The van der Waals surface area contributed by atoms with Crippen LogP contribution in [-0.4, -0.2) is 56.5 Å². The van der Waals surface area contributed by atoms with E-state index in [-0.39, 0.29) is 42.3 Å². The van der Waals surface area contributed by atoms with Crippen molar-refractivity contribution in [2.24, 2.45) is 5.92 Å². The molecule has 0 saturated carbocycles. The van der Waals surface area contributed by atoms with Crippen molar-refractivity contribution in [1.29, 1.82) is 0 Å². The molecule has 0 aromatic heterocycles. The van der Waals surface area contributed by atoms with Gasteiger partial charge in [-0.15, -0.1) is 0 Å². The number of para-hydroxylation sites is 1. The summed E-state index contributed by atoms with van der Waals surface area (Å²) in [6.07, 6.45) is 2.99. The molecule has 0 bridgehead atoms. The number of nitrogens with one attached hydrogen (secondary N) is 4. The molecule has 0 aliphatic carbocycles. The van der Waals surface area contributed by atoms with E-state index in [0.29, 0.717) is 13.1 Å². The van der Waals surface area contributed by atoms with Gasteiger partial charge in [0.05, 0.1) is 12.6 Å². The van der Waals surface area contributed by atoms with Crippen LogP contribution in [0.15, 0.2) is 48.5 Å². The monoisotopic (exact) mass is 590 g/mol. The normalized spacial score (nSPS) is 12.2. The van der Waals surface area contributed by atoms with Gasteiger partial charge >= 0.3 is 0 Å². The number of hydrogen-bond acceptors (Lipinski definition) is 5. The summed E-state index contributed by atoms with van der Waals surface area (Å²) in [6.45, 7) is 15.1. The lowest BCUT2D eigenvalue weighted by molar-refractivity contribution is -0.125. The van der Waals surface area contributed by atoms with Crippen LogP contribution in [0.2, 0.25) is 5.02 Å². The highest BCUT2D eigenvalue weighted by atomic mass is 35.5. The maximum Gasteiger partial charge on any atom is 0.239 e. The van der Waals surface area contributed by atoms with E-state index in [0.717, 1.165) is 35.6 Å². The molecule has 0 aliphatic heterocycles. The second-order valence-corrected chi connectivity index (χ2v) is 10.4. The predicted molar refractivity (Wildman–Crippen MR) is 169 cm³/mol. The zero-order valence-corrected chi connectivity index (χ0v) is 26.9. The molecular weight excluding hydrogens is 540 g/mol. The number of aryl methyl sites for hydroxylation is 2. The molecule has 0 aliphatic rings. The summed E-state index contributed by atoms with van der Waals surface area (Å²) in [5.41, 5.74) is 2.36. The number of benzene rings is 2. The maximum atomic E-state index is 11.9. The van der Waals surface area contributed by atoms with Gasteiger partial charge in [0.25, 0.3) is 0 Å². The zero-order valence-electron chi connectivity index (χ0n) is 26.1. The summed E-state index contributed by atoms with van der Waals surface area (Å²) >= 11 is 5.61. The summed E-state index contributed by atoms with van der Waals surface area (Å²) in [5.74, 6) is 0.911. The second kappa shape index (κ2) is 22.6. The van der Waals surface area contributed by atoms with Crippen molar-refractivity contribution < 1.29 is 19.1 Å². The molecule has 2 aromatic carbocycles. The van der Waals surface area contributed by atoms with Gasteiger partial charge in [-0.3, -0.25) is 14.4 Å². The maximum absolute atomic E-state index is 11.9. The molecule has 4 N–H and O–H groups in total. The summed E-state index contributed by atoms with van der Waals surface area (Å²) < 4.78 is 5.93. The molecular formula is C32H51ClN4O4. The lowest BCUT2D eigenvalue weighted by Gasteiger charge is -2.25. The molecule has 3 amide bonds. The fourth-order valence-electron chi connectivity index (χ4n) is 3.39. The lowest BCUT2D eigenvalue weighted by Crippen LogP contribution is -2.49. The van der Waals surface area contributed by atoms with Crippen molar-refractivity contribution in [2.75, 3.05) is 26.7 Å². The fourth-order valence-corrected chi connectivity index (χ4v) is 3.51.